The highest BCUT2D eigenvalue weighted by molar-refractivity contribution is 6.04. The van der Waals surface area contributed by atoms with Crippen LogP contribution in [0.4, 0.5) is 0 Å². The van der Waals surface area contributed by atoms with Gasteiger partial charge < -0.3 is 14.3 Å². The van der Waals surface area contributed by atoms with Crippen molar-refractivity contribution in [3.8, 4) is 11.5 Å². The van der Waals surface area contributed by atoms with Gasteiger partial charge in [0.15, 0.2) is 5.76 Å². The molecule has 136 valence electrons. The lowest BCUT2D eigenvalue weighted by Crippen LogP contribution is -2.26. The van der Waals surface area contributed by atoms with Crippen LogP contribution in [0.1, 0.15) is 34.1 Å². The minimum atomic E-state index is -0.426. The van der Waals surface area contributed by atoms with E-state index < -0.39 is 6.04 Å². The Balaban J connectivity index is 1.75. The van der Waals surface area contributed by atoms with Gasteiger partial charge in [-0.1, -0.05) is 30.3 Å². The highest BCUT2D eigenvalue weighted by Gasteiger charge is 2.36. The van der Waals surface area contributed by atoms with Crippen molar-refractivity contribution in [1.29, 1.82) is 0 Å². The Bertz CT molecular complexity index is 995. The molecule has 0 unspecified atom stereocenters. The third-order valence-corrected chi connectivity index (χ3v) is 4.55. The first-order valence-corrected chi connectivity index (χ1v) is 8.54. The number of para-hydroxylation sites is 1. The minimum absolute atomic E-state index is 0.127. The molecule has 2 aromatic carbocycles. The Morgan fingerprint density at radius 3 is 2.78 bits per heavy atom. The molecule has 0 bridgehead atoms. The number of furan rings is 1. The van der Waals surface area contributed by atoms with Crippen LogP contribution in [0.15, 0.2) is 76.4 Å². The van der Waals surface area contributed by atoms with Gasteiger partial charge in [-0.2, -0.15) is 5.10 Å². The van der Waals surface area contributed by atoms with Gasteiger partial charge in [0.25, 0.3) is 0 Å². The Morgan fingerprint density at radius 2 is 2.04 bits per heavy atom. The maximum absolute atomic E-state index is 12.9. The van der Waals surface area contributed by atoms with Gasteiger partial charge >= 0.3 is 5.91 Å². The fourth-order valence-electron chi connectivity index (χ4n) is 3.20. The van der Waals surface area contributed by atoms with Gasteiger partial charge in [-0.25, -0.2) is 5.01 Å². The number of carbonyl (C=O) groups is 1. The van der Waals surface area contributed by atoms with Crippen molar-refractivity contribution >= 4 is 11.6 Å². The van der Waals surface area contributed by atoms with Gasteiger partial charge in [-0.15, -0.1) is 0 Å². The highest BCUT2D eigenvalue weighted by atomic mass is 16.5. The van der Waals surface area contributed by atoms with Crippen molar-refractivity contribution in [3.05, 3.63) is 83.8 Å². The number of methoxy groups -OCH3 is 1. The quantitative estimate of drug-likeness (QED) is 0.762. The first-order chi connectivity index (χ1) is 13.2. The summed E-state index contributed by atoms with van der Waals surface area (Å²) in [5.74, 6) is 0.684. The first-order valence-electron chi connectivity index (χ1n) is 8.54. The number of rotatable bonds is 4. The average Bonchev–Trinajstić information content (AvgIpc) is 3.38. The smallest absolute Gasteiger partial charge is 0.310 e. The van der Waals surface area contributed by atoms with E-state index in [1.807, 2.05) is 30.3 Å². The number of benzene rings is 2. The van der Waals surface area contributed by atoms with Crippen LogP contribution < -0.4 is 4.74 Å². The summed E-state index contributed by atoms with van der Waals surface area (Å²) in [5, 5.41) is 16.2. The third-order valence-electron chi connectivity index (χ3n) is 4.55. The van der Waals surface area contributed by atoms with E-state index in [1.165, 1.54) is 11.3 Å². The summed E-state index contributed by atoms with van der Waals surface area (Å²) in [7, 11) is 1.60. The first kappa shape index (κ1) is 16.9. The lowest BCUT2D eigenvalue weighted by molar-refractivity contribution is 0.0677. The van der Waals surface area contributed by atoms with Gasteiger partial charge in [0.1, 0.15) is 11.5 Å². The summed E-state index contributed by atoms with van der Waals surface area (Å²) in [6.07, 6.45) is 1.92. The van der Waals surface area contributed by atoms with E-state index in [0.717, 1.165) is 11.3 Å². The molecule has 0 saturated carbocycles. The second kappa shape index (κ2) is 6.99. The molecular weight excluding hydrogens is 344 g/mol. The molecule has 0 aliphatic carbocycles. The van der Waals surface area contributed by atoms with E-state index in [1.54, 1.807) is 37.4 Å². The lowest BCUT2D eigenvalue weighted by atomic mass is 9.97. The van der Waals surface area contributed by atoms with Gasteiger partial charge in [0.2, 0.25) is 0 Å². The van der Waals surface area contributed by atoms with E-state index in [4.69, 9.17) is 9.15 Å². The number of phenolic OH excluding ortho intramolecular Hbond substituents is 1. The van der Waals surface area contributed by atoms with Crippen molar-refractivity contribution < 1.29 is 19.1 Å². The molecule has 0 saturated heterocycles. The van der Waals surface area contributed by atoms with Gasteiger partial charge in [-0.05, 0) is 30.3 Å². The fourth-order valence-corrected chi connectivity index (χ4v) is 3.20. The zero-order chi connectivity index (χ0) is 18.8. The van der Waals surface area contributed by atoms with Crippen molar-refractivity contribution in [1.82, 2.24) is 5.01 Å². The van der Waals surface area contributed by atoms with Crippen LogP contribution in [0.2, 0.25) is 0 Å². The Labute approximate surface area is 156 Å². The molecule has 4 rings (SSSR count). The van der Waals surface area contributed by atoms with Crippen LogP contribution in [0.3, 0.4) is 0 Å². The maximum atomic E-state index is 12.9. The number of hydrogen-bond acceptors (Lipinski definition) is 5. The second-order valence-electron chi connectivity index (χ2n) is 6.18. The van der Waals surface area contributed by atoms with Crippen molar-refractivity contribution in [2.75, 3.05) is 7.11 Å². The number of carbonyl (C=O) groups excluding carboxylic acids is 1. The van der Waals surface area contributed by atoms with E-state index >= 15 is 0 Å². The highest BCUT2D eigenvalue weighted by Crippen LogP contribution is 2.38. The van der Waals surface area contributed by atoms with Gasteiger partial charge in [0.05, 0.1) is 25.1 Å². The molecule has 1 aliphatic heterocycles. The molecule has 1 atom stereocenters. The second-order valence-corrected chi connectivity index (χ2v) is 6.18. The zero-order valence-corrected chi connectivity index (χ0v) is 14.7. The number of aromatic hydroxyl groups is 1. The molecule has 1 aromatic heterocycles. The van der Waals surface area contributed by atoms with Crippen LogP contribution in [-0.2, 0) is 0 Å². The standard InChI is InChI=1S/C21H18N2O4/c1-26-15-7-4-6-14(12-15)17-13-18(16-8-2-3-9-19(16)24)23(22-17)21(25)20-10-5-11-27-20/h2-12,18,24H,13H2,1H3/t18-/m0/s1. The van der Waals surface area contributed by atoms with Crippen LogP contribution in [-0.4, -0.2) is 28.8 Å². The molecule has 27 heavy (non-hydrogen) atoms. The predicted molar refractivity (Wildman–Crippen MR) is 99.9 cm³/mol. The molecule has 6 nitrogen and oxygen atoms in total. The van der Waals surface area contributed by atoms with E-state index in [2.05, 4.69) is 5.10 Å². The zero-order valence-electron chi connectivity index (χ0n) is 14.7. The average molecular weight is 362 g/mol. The SMILES string of the molecule is COc1cccc(C2=NN(C(=O)c3ccco3)[C@H](c3ccccc3O)C2)c1. The molecule has 6 heteroatoms. The molecular formula is C21H18N2O4. The number of phenols is 1. The maximum Gasteiger partial charge on any atom is 0.310 e. The number of hydrogen-bond donors (Lipinski definition) is 1. The molecule has 3 aromatic rings. The van der Waals surface area contributed by atoms with Crippen LogP contribution in [0, 0.1) is 0 Å². The van der Waals surface area contributed by atoms with Gasteiger partial charge in [0, 0.05) is 17.5 Å². The van der Waals surface area contributed by atoms with Crippen LogP contribution in [0.5, 0.6) is 11.5 Å². The van der Waals surface area contributed by atoms with Crippen LogP contribution >= 0.6 is 0 Å². The van der Waals surface area contributed by atoms with Crippen LogP contribution in [0.25, 0.3) is 0 Å². The summed E-state index contributed by atoms with van der Waals surface area (Å²) >= 11 is 0. The summed E-state index contributed by atoms with van der Waals surface area (Å²) in [6.45, 7) is 0. The minimum Gasteiger partial charge on any atom is -0.508 e. The normalized spacial score (nSPS) is 16.3. The Kier molecular flexibility index (Phi) is 4.38. The monoisotopic (exact) mass is 362 g/mol. The molecule has 1 N–H and O–H groups in total. The molecule has 2 heterocycles. The lowest BCUT2D eigenvalue weighted by Gasteiger charge is -2.21. The number of amides is 1. The van der Waals surface area contributed by atoms with Gasteiger partial charge in [-0.3, -0.25) is 4.79 Å². The molecule has 0 fully saturated rings. The molecule has 0 spiro atoms. The van der Waals surface area contributed by atoms with Crippen molar-refractivity contribution in [2.45, 2.75) is 12.5 Å². The van der Waals surface area contributed by atoms with E-state index in [0.29, 0.717) is 17.7 Å². The van der Waals surface area contributed by atoms with E-state index in [-0.39, 0.29) is 17.4 Å². The third kappa shape index (κ3) is 3.17. The largest absolute Gasteiger partial charge is 0.508 e. The summed E-state index contributed by atoms with van der Waals surface area (Å²) < 4.78 is 10.5. The Hall–Kier alpha value is -3.54. The number of nitrogens with zero attached hydrogens (tertiary/aromatic N) is 2. The number of hydrazone groups is 1. The number of ether oxygens (including phenoxy) is 1. The van der Waals surface area contributed by atoms with Crippen molar-refractivity contribution in [3.63, 3.8) is 0 Å². The molecule has 0 radical (unpaired) electrons. The Morgan fingerprint density at radius 1 is 1.19 bits per heavy atom. The summed E-state index contributed by atoms with van der Waals surface area (Å²) in [5.41, 5.74) is 2.24. The van der Waals surface area contributed by atoms with E-state index in [9.17, 15) is 9.90 Å². The fraction of sp³-hybridized carbons (Fsp3) is 0.143. The predicted octanol–water partition coefficient (Wildman–Crippen LogP) is 3.99. The molecule has 1 amide bonds. The summed E-state index contributed by atoms with van der Waals surface area (Å²) in [6, 6.07) is 17.3. The topological polar surface area (TPSA) is 75.3 Å². The summed E-state index contributed by atoms with van der Waals surface area (Å²) in [4.78, 5) is 12.9. The van der Waals surface area contributed by atoms with Crippen molar-refractivity contribution in [2.24, 2.45) is 5.10 Å². The molecule has 1 aliphatic rings.